The standard InChI is InChI=1S/C35H57N9O8/c1-6-20(4)28(32(49)42-26(34(51)52)17-19(2)3)43-30(47)25(18-22-11-13-23(45)14-12-22)41-31(48)27-10-8-16-44(27)33(50)21(5)40-29(46)24(36)9-7-15-39-35(37)38/h11-14,19-21,24-28,45H,6-10,15-18,36H2,1-5H3,(H,40,46)(H,41,48)(H,42,49)(H,43,47)(H,51,52)(H4,37,38,39)/t20-,21+,24+,25+,26+,27+,28+/m1/s1. The number of hydrogen-bond acceptors (Lipinski definition) is 9. The number of rotatable bonds is 20. The molecule has 1 aromatic carbocycles. The van der Waals surface area contributed by atoms with E-state index >= 15 is 0 Å². The highest BCUT2D eigenvalue weighted by Gasteiger charge is 2.39. The van der Waals surface area contributed by atoms with E-state index in [1.807, 2.05) is 20.8 Å². The number of hydrogen-bond donors (Lipinski definition) is 9. The van der Waals surface area contributed by atoms with Crippen LogP contribution in [0, 0.1) is 11.8 Å². The highest BCUT2D eigenvalue weighted by molar-refractivity contribution is 5.96. The topological polar surface area (TPSA) is 285 Å². The van der Waals surface area contributed by atoms with Gasteiger partial charge in [-0.05, 0) is 68.6 Å². The summed E-state index contributed by atoms with van der Waals surface area (Å²) in [5.74, 6) is -4.68. The van der Waals surface area contributed by atoms with Gasteiger partial charge < -0.3 is 53.6 Å². The van der Waals surface area contributed by atoms with Crippen LogP contribution in [0.2, 0.25) is 0 Å². The van der Waals surface area contributed by atoms with Crippen LogP contribution in [0.4, 0.5) is 0 Å². The second-order valence-electron chi connectivity index (χ2n) is 13.8. The van der Waals surface area contributed by atoms with Gasteiger partial charge >= 0.3 is 5.97 Å². The second-order valence-corrected chi connectivity index (χ2v) is 13.8. The number of aliphatic imine (C=N–C) groups is 1. The zero-order chi connectivity index (χ0) is 39.1. The zero-order valence-corrected chi connectivity index (χ0v) is 30.8. The summed E-state index contributed by atoms with van der Waals surface area (Å²) < 4.78 is 0. The van der Waals surface area contributed by atoms with Crippen molar-refractivity contribution in [1.82, 2.24) is 26.2 Å². The molecule has 1 heterocycles. The van der Waals surface area contributed by atoms with Crippen LogP contribution in [0.25, 0.3) is 0 Å². The fourth-order valence-corrected chi connectivity index (χ4v) is 5.84. The molecule has 1 aromatic rings. The molecule has 0 spiro atoms. The number of guanidine groups is 1. The van der Waals surface area contributed by atoms with Crippen LogP contribution >= 0.6 is 0 Å². The summed E-state index contributed by atoms with van der Waals surface area (Å²) in [6.45, 7) is 9.27. The molecule has 5 amide bonds. The predicted octanol–water partition coefficient (Wildman–Crippen LogP) is -0.557. The van der Waals surface area contributed by atoms with Gasteiger partial charge in [0.1, 0.15) is 36.0 Å². The molecule has 1 aliphatic rings. The van der Waals surface area contributed by atoms with Crippen molar-refractivity contribution in [3.63, 3.8) is 0 Å². The molecular formula is C35H57N9O8. The van der Waals surface area contributed by atoms with Crippen LogP contribution in [0.15, 0.2) is 29.3 Å². The Balaban J connectivity index is 2.23. The van der Waals surface area contributed by atoms with Crippen molar-refractivity contribution in [1.29, 1.82) is 0 Å². The third-order valence-corrected chi connectivity index (χ3v) is 9.00. The van der Waals surface area contributed by atoms with Gasteiger partial charge in [0.15, 0.2) is 5.96 Å². The summed E-state index contributed by atoms with van der Waals surface area (Å²) in [6.07, 6.45) is 2.18. The van der Waals surface area contributed by atoms with Gasteiger partial charge in [-0.25, -0.2) is 4.79 Å². The number of aromatic hydroxyl groups is 1. The normalized spacial score (nSPS) is 17.5. The number of benzene rings is 1. The highest BCUT2D eigenvalue weighted by atomic mass is 16.4. The average molecular weight is 732 g/mol. The number of amides is 5. The van der Waals surface area contributed by atoms with Gasteiger partial charge in [-0.15, -0.1) is 0 Å². The van der Waals surface area contributed by atoms with Crippen LogP contribution in [0.1, 0.15) is 78.7 Å². The summed E-state index contributed by atoms with van der Waals surface area (Å²) in [7, 11) is 0. The minimum absolute atomic E-state index is 0.00453. The van der Waals surface area contributed by atoms with Gasteiger partial charge in [-0.1, -0.05) is 46.2 Å². The van der Waals surface area contributed by atoms with E-state index in [0.29, 0.717) is 37.8 Å². The Bertz CT molecular complexity index is 1420. The lowest BCUT2D eigenvalue weighted by atomic mass is 9.96. The summed E-state index contributed by atoms with van der Waals surface area (Å²) in [5, 5.41) is 30.1. The molecule has 0 aliphatic carbocycles. The molecule has 0 aromatic heterocycles. The van der Waals surface area contributed by atoms with Crippen LogP contribution in [0.5, 0.6) is 5.75 Å². The van der Waals surface area contributed by atoms with Crippen LogP contribution in [-0.4, -0.2) is 106 Å². The van der Waals surface area contributed by atoms with E-state index < -0.39 is 77.7 Å². The SMILES string of the molecule is CC[C@@H](C)[C@H](NC(=O)[C@H](Cc1ccc(O)cc1)NC(=O)[C@@H]1CCCN1C(=O)[C@H](C)NC(=O)[C@@H](N)CCCN=C(N)N)C(=O)N[C@@H](CC(C)C)C(=O)O. The first-order valence-corrected chi connectivity index (χ1v) is 17.8. The number of nitrogens with zero attached hydrogens (tertiary/aromatic N) is 2. The number of carbonyl (C=O) groups excluding carboxylic acids is 5. The Morgan fingerprint density at radius 2 is 1.58 bits per heavy atom. The molecule has 290 valence electrons. The molecule has 1 fully saturated rings. The molecule has 0 unspecified atom stereocenters. The van der Waals surface area contributed by atoms with Gasteiger partial charge in [-0.3, -0.25) is 29.0 Å². The lowest BCUT2D eigenvalue weighted by Crippen LogP contribution is -2.60. The molecule has 52 heavy (non-hydrogen) atoms. The van der Waals surface area contributed by atoms with Gasteiger partial charge in [0.25, 0.3) is 0 Å². The first kappa shape index (κ1) is 43.2. The molecule has 17 nitrogen and oxygen atoms in total. The molecule has 0 bridgehead atoms. The fourth-order valence-electron chi connectivity index (χ4n) is 5.84. The van der Waals surface area contributed by atoms with Crippen molar-refractivity contribution in [2.75, 3.05) is 13.1 Å². The molecule has 2 rings (SSSR count). The monoisotopic (exact) mass is 731 g/mol. The Morgan fingerprint density at radius 1 is 0.923 bits per heavy atom. The van der Waals surface area contributed by atoms with Gasteiger partial charge in [-0.2, -0.15) is 0 Å². The van der Waals surface area contributed by atoms with Gasteiger partial charge in [0.05, 0.1) is 6.04 Å². The molecule has 0 radical (unpaired) electrons. The van der Waals surface area contributed by atoms with E-state index in [9.17, 15) is 39.0 Å². The number of nitrogens with two attached hydrogens (primary N) is 3. The number of carboxylic acids is 1. The molecule has 1 aliphatic heterocycles. The minimum Gasteiger partial charge on any atom is -0.508 e. The molecule has 0 saturated carbocycles. The lowest BCUT2D eigenvalue weighted by Gasteiger charge is -2.30. The third kappa shape index (κ3) is 13.7. The van der Waals surface area contributed by atoms with E-state index in [1.54, 1.807) is 19.1 Å². The van der Waals surface area contributed by atoms with Crippen LogP contribution in [0.3, 0.4) is 0 Å². The minimum atomic E-state index is -1.21. The number of likely N-dealkylation sites (tertiary alicyclic amines) is 1. The van der Waals surface area contributed by atoms with Crippen molar-refractivity contribution in [2.24, 2.45) is 34.0 Å². The van der Waals surface area contributed by atoms with Crippen molar-refractivity contribution in [2.45, 2.75) is 116 Å². The molecule has 1 saturated heterocycles. The summed E-state index contributed by atoms with van der Waals surface area (Å²) in [6, 6.07) is -0.294. The predicted molar refractivity (Wildman–Crippen MR) is 194 cm³/mol. The van der Waals surface area contributed by atoms with Crippen LogP contribution in [-0.2, 0) is 35.2 Å². The second kappa shape index (κ2) is 20.8. The first-order valence-electron chi connectivity index (χ1n) is 17.8. The molecule has 7 atom stereocenters. The van der Waals surface area contributed by atoms with E-state index in [-0.39, 0.29) is 43.4 Å². The maximum Gasteiger partial charge on any atom is 0.326 e. The summed E-state index contributed by atoms with van der Waals surface area (Å²) >= 11 is 0. The number of phenols is 1. The zero-order valence-electron chi connectivity index (χ0n) is 30.8. The Morgan fingerprint density at radius 3 is 2.15 bits per heavy atom. The Labute approximate surface area is 304 Å². The quantitative estimate of drug-likeness (QED) is 0.0466. The van der Waals surface area contributed by atoms with Crippen LogP contribution < -0.4 is 38.5 Å². The number of aliphatic carboxylic acids is 1. The maximum absolute atomic E-state index is 13.9. The first-order chi connectivity index (χ1) is 24.4. The highest BCUT2D eigenvalue weighted by Crippen LogP contribution is 2.20. The van der Waals surface area contributed by atoms with E-state index in [4.69, 9.17) is 17.2 Å². The Kier molecular flexibility index (Phi) is 17.3. The van der Waals surface area contributed by atoms with Crippen molar-refractivity contribution in [3.8, 4) is 5.75 Å². The summed E-state index contributed by atoms with van der Waals surface area (Å²) in [4.78, 5) is 84.4. The molecular weight excluding hydrogens is 674 g/mol. The summed E-state index contributed by atoms with van der Waals surface area (Å²) in [5.41, 5.74) is 17.2. The Hall–Kier alpha value is -4.93. The average Bonchev–Trinajstić information content (AvgIpc) is 3.58. The van der Waals surface area contributed by atoms with Gasteiger partial charge in [0, 0.05) is 19.5 Å². The van der Waals surface area contributed by atoms with E-state index in [2.05, 4.69) is 26.3 Å². The van der Waals surface area contributed by atoms with E-state index in [0.717, 1.165) is 0 Å². The van der Waals surface area contributed by atoms with Gasteiger partial charge in [0.2, 0.25) is 29.5 Å². The lowest BCUT2D eigenvalue weighted by molar-refractivity contribution is -0.143. The number of carboxylic acid groups (broad SMARTS) is 1. The van der Waals surface area contributed by atoms with Crippen molar-refractivity contribution < 1.29 is 39.0 Å². The van der Waals surface area contributed by atoms with Crippen molar-refractivity contribution >= 4 is 41.5 Å². The van der Waals surface area contributed by atoms with E-state index in [1.165, 1.54) is 24.0 Å². The number of carbonyl (C=O) groups is 6. The number of phenolic OH excluding ortho intramolecular Hbond substituents is 1. The fraction of sp³-hybridized carbons (Fsp3) is 0.629. The van der Waals surface area contributed by atoms with Crippen molar-refractivity contribution in [3.05, 3.63) is 29.8 Å². The largest absolute Gasteiger partial charge is 0.508 e. The molecule has 12 N–H and O–H groups in total. The molecule has 17 heteroatoms. The smallest absolute Gasteiger partial charge is 0.326 e. The number of nitrogens with one attached hydrogen (secondary N) is 4. The third-order valence-electron chi connectivity index (χ3n) is 9.00. The maximum atomic E-state index is 13.9.